The molecule has 2 aliphatic heterocycles. The number of nitrogens with zero attached hydrogens (tertiary/aromatic N) is 7. The number of aromatic nitrogens is 4. The minimum Gasteiger partial charge on any atom is -0.336 e. The van der Waals surface area contributed by atoms with Gasteiger partial charge in [-0.15, -0.1) is 0 Å². The summed E-state index contributed by atoms with van der Waals surface area (Å²) in [5.74, 6) is 0.938. The first-order valence-corrected chi connectivity index (χ1v) is 17.0. The largest absolute Gasteiger partial charge is 0.336 e. The Balaban J connectivity index is 0.000000175. The van der Waals surface area contributed by atoms with Gasteiger partial charge in [0.15, 0.2) is 0 Å². The number of hydrogen-bond acceptors (Lipinski definition) is 5. The Labute approximate surface area is 265 Å². The lowest BCUT2D eigenvalue weighted by Crippen LogP contribution is -2.47. The SMILES string of the molecule is c1ccc(CCCC2CCN(CCn3ccnc3)CC2)cc1.c1ccc(CCCN2CCN(CCn3ccnc3)CC2)cc1. The third-order valence-corrected chi connectivity index (χ3v) is 9.34. The van der Waals surface area contributed by atoms with Crippen molar-refractivity contribution in [1.29, 1.82) is 0 Å². The number of hydrogen-bond donors (Lipinski definition) is 0. The van der Waals surface area contributed by atoms with Gasteiger partial charge in [-0.1, -0.05) is 67.1 Å². The minimum atomic E-state index is 0.938. The zero-order valence-corrected chi connectivity index (χ0v) is 26.7. The van der Waals surface area contributed by atoms with E-state index in [0.29, 0.717) is 0 Å². The second kappa shape index (κ2) is 18.5. The molecule has 2 fully saturated rings. The third kappa shape index (κ3) is 11.7. The molecule has 0 amide bonds. The Morgan fingerprint density at radius 3 is 1.50 bits per heavy atom. The number of piperidine rings is 1. The summed E-state index contributed by atoms with van der Waals surface area (Å²) in [6, 6.07) is 21.7. The normalized spacial score (nSPS) is 16.9. The second-order valence-corrected chi connectivity index (χ2v) is 12.5. The van der Waals surface area contributed by atoms with E-state index in [2.05, 4.69) is 101 Å². The molecule has 236 valence electrons. The van der Waals surface area contributed by atoms with Crippen LogP contribution >= 0.6 is 0 Å². The van der Waals surface area contributed by atoms with Gasteiger partial charge in [0.05, 0.1) is 12.7 Å². The first kappa shape index (κ1) is 32.1. The molecule has 0 radical (unpaired) electrons. The zero-order valence-electron chi connectivity index (χ0n) is 26.7. The molecule has 0 atom stereocenters. The Morgan fingerprint density at radius 1 is 0.523 bits per heavy atom. The number of rotatable bonds is 14. The van der Waals surface area contributed by atoms with Gasteiger partial charge in [0, 0.05) is 77.1 Å². The molecule has 0 N–H and O–H groups in total. The molecule has 6 rings (SSSR count). The van der Waals surface area contributed by atoms with E-state index < -0.39 is 0 Å². The highest BCUT2D eigenvalue weighted by Crippen LogP contribution is 2.23. The molecule has 4 heterocycles. The molecule has 0 aliphatic carbocycles. The van der Waals surface area contributed by atoms with Gasteiger partial charge >= 0.3 is 0 Å². The number of likely N-dealkylation sites (tertiary alicyclic amines) is 1. The van der Waals surface area contributed by atoms with Crippen LogP contribution in [0.4, 0.5) is 0 Å². The lowest BCUT2D eigenvalue weighted by Gasteiger charge is -2.34. The van der Waals surface area contributed by atoms with Crippen LogP contribution in [0.1, 0.15) is 43.2 Å². The maximum atomic E-state index is 4.10. The molecule has 0 unspecified atom stereocenters. The number of imidazole rings is 2. The highest BCUT2D eigenvalue weighted by atomic mass is 15.3. The van der Waals surface area contributed by atoms with Crippen LogP contribution in [0.2, 0.25) is 0 Å². The van der Waals surface area contributed by atoms with Crippen molar-refractivity contribution in [2.45, 2.75) is 58.0 Å². The van der Waals surface area contributed by atoms with Crippen LogP contribution in [0.5, 0.6) is 0 Å². The average molecular weight is 596 g/mol. The highest BCUT2D eigenvalue weighted by Gasteiger charge is 2.19. The quantitative estimate of drug-likeness (QED) is 0.186. The third-order valence-electron chi connectivity index (χ3n) is 9.34. The summed E-state index contributed by atoms with van der Waals surface area (Å²) >= 11 is 0. The van der Waals surface area contributed by atoms with Crippen molar-refractivity contribution in [2.75, 3.05) is 58.9 Å². The van der Waals surface area contributed by atoms with E-state index in [1.165, 1.54) is 102 Å². The number of piperazine rings is 1. The first-order valence-electron chi connectivity index (χ1n) is 17.0. The van der Waals surface area contributed by atoms with Crippen molar-refractivity contribution in [3.63, 3.8) is 0 Å². The monoisotopic (exact) mass is 595 g/mol. The predicted molar refractivity (Wildman–Crippen MR) is 181 cm³/mol. The second-order valence-electron chi connectivity index (χ2n) is 12.5. The van der Waals surface area contributed by atoms with Crippen molar-refractivity contribution < 1.29 is 0 Å². The topological polar surface area (TPSA) is 45.4 Å². The molecular formula is C37H53N7. The summed E-state index contributed by atoms with van der Waals surface area (Å²) in [5.41, 5.74) is 2.95. The van der Waals surface area contributed by atoms with Crippen LogP contribution in [-0.4, -0.2) is 92.7 Å². The molecule has 2 aromatic carbocycles. The molecule has 7 nitrogen and oxygen atoms in total. The number of aryl methyl sites for hydroxylation is 2. The zero-order chi connectivity index (χ0) is 30.1. The summed E-state index contributed by atoms with van der Waals surface area (Å²) in [5, 5.41) is 0. The Hall–Kier alpha value is -3.26. The van der Waals surface area contributed by atoms with Gasteiger partial charge in [-0.3, -0.25) is 4.90 Å². The van der Waals surface area contributed by atoms with Gasteiger partial charge in [-0.25, -0.2) is 9.97 Å². The molecule has 2 saturated heterocycles. The van der Waals surface area contributed by atoms with Crippen LogP contribution < -0.4 is 0 Å². The van der Waals surface area contributed by atoms with Gasteiger partial charge in [-0.05, 0) is 75.2 Å². The van der Waals surface area contributed by atoms with Crippen LogP contribution in [0, 0.1) is 5.92 Å². The molecule has 0 saturated carbocycles. The van der Waals surface area contributed by atoms with E-state index in [-0.39, 0.29) is 0 Å². The summed E-state index contributed by atoms with van der Waals surface area (Å²) < 4.78 is 4.33. The van der Waals surface area contributed by atoms with Crippen molar-refractivity contribution in [3.8, 4) is 0 Å². The maximum absolute atomic E-state index is 4.10. The van der Waals surface area contributed by atoms with Crippen LogP contribution in [0.3, 0.4) is 0 Å². The van der Waals surface area contributed by atoms with Crippen LogP contribution in [-0.2, 0) is 25.9 Å². The van der Waals surface area contributed by atoms with Crippen molar-refractivity contribution in [1.82, 2.24) is 33.8 Å². The molecule has 2 aromatic heterocycles. The average Bonchev–Trinajstić information content (AvgIpc) is 3.81. The van der Waals surface area contributed by atoms with E-state index in [9.17, 15) is 0 Å². The Morgan fingerprint density at radius 2 is 1.00 bits per heavy atom. The molecule has 0 spiro atoms. The summed E-state index contributed by atoms with van der Waals surface area (Å²) in [6.45, 7) is 13.0. The van der Waals surface area contributed by atoms with Gasteiger partial charge in [-0.2, -0.15) is 0 Å². The maximum Gasteiger partial charge on any atom is 0.0946 e. The van der Waals surface area contributed by atoms with Gasteiger partial charge in [0.25, 0.3) is 0 Å². The fourth-order valence-corrected chi connectivity index (χ4v) is 6.48. The van der Waals surface area contributed by atoms with E-state index in [1.54, 1.807) is 0 Å². The van der Waals surface area contributed by atoms with E-state index in [0.717, 1.165) is 32.1 Å². The fourth-order valence-electron chi connectivity index (χ4n) is 6.48. The summed E-state index contributed by atoms with van der Waals surface area (Å²) in [7, 11) is 0. The summed E-state index contributed by atoms with van der Waals surface area (Å²) in [6.07, 6.45) is 20.8. The van der Waals surface area contributed by atoms with E-state index in [4.69, 9.17) is 0 Å². The molecular weight excluding hydrogens is 542 g/mol. The lowest BCUT2D eigenvalue weighted by atomic mass is 9.91. The molecule has 44 heavy (non-hydrogen) atoms. The summed E-state index contributed by atoms with van der Waals surface area (Å²) in [4.78, 5) is 16.0. The van der Waals surface area contributed by atoms with Crippen molar-refractivity contribution in [3.05, 3.63) is 109 Å². The Bertz CT molecular complexity index is 1130. The smallest absolute Gasteiger partial charge is 0.0946 e. The molecule has 4 aromatic rings. The fraction of sp³-hybridized carbons (Fsp3) is 0.514. The Kier molecular flexibility index (Phi) is 13.5. The standard InChI is InChI=1S/C19H27N3.C18H26N4/c1-2-5-18(6-3-1)7-4-8-19-9-12-21(13-10-19)15-16-22-14-11-20-17-22;1-2-5-18(6-3-1)7-4-9-20-11-13-21(14-12-20)15-16-22-10-8-19-17-22/h1-3,5-6,11,14,17,19H,4,7-10,12-13,15-16H2;1-3,5-6,8,10,17H,4,7,9,11-16H2. The molecule has 2 aliphatic rings. The molecule has 7 heteroatoms. The van der Waals surface area contributed by atoms with Crippen LogP contribution in [0.15, 0.2) is 98.1 Å². The van der Waals surface area contributed by atoms with Gasteiger partial charge in [0.2, 0.25) is 0 Å². The van der Waals surface area contributed by atoms with E-state index >= 15 is 0 Å². The van der Waals surface area contributed by atoms with Crippen molar-refractivity contribution in [2.24, 2.45) is 5.92 Å². The lowest BCUT2D eigenvalue weighted by molar-refractivity contribution is 0.128. The van der Waals surface area contributed by atoms with Crippen molar-refractivity contribution >= 4 is 0 Å². The number of benzene rings is 2. The molecule has 0 bridgehead atoms. The van der Waals surface area contributed by atoms with Gasteiger partial charge in [0.1, 0.15) is 0 Å². The first-order chi connectivity index (χ1) is 21.8. The van der Waals surface area contributed by atoms with E-state index in [1.807, 2.05) is 31.2 Å². The van der Waals surface area contributed by atoms with Gasteiger partial charge < -0.3 is 18.9 Å². The highest BCUT2D eigenvalue weighted by molar-refractivity contribution is 5.15. The predicted octanol–water partition coefficient (Wildman–Crippen LogP) is 5.75. The van der Waals surface area contributed by atoms with Crippen LogP contribution in [0.25, 0.3) is 0 Å². The minimum absolute atomic E-state index is 0.938.